The predicted molar refractivity (Wildman–Crippen MR) is 110 cm³/mol. The van der Waals surface area contributed by atoms with Gasteiger partial charge in [0.1, 0.15) is 15.6 Å². The van der Waals surface area contributed by atoms with Crippen LogP contribution < -0.4 is 5.32 Å². The van der Waals surface area contributed by atoms with Crippen molar-refractivity contribution in [3.05, 3.63) is 70.6 Å². The van der Waals surface area contributed by atoms with Crippen LogP contribution in [0.2, 0.25) is 0 Å². The van der Waals surface area contributed by atoms with E-state index in [1.54, 1.807) is 6.92 Å². The summed E-state index contributed by atoms with van der Waals surface area (Å²) in [5.74, 6) is -0.340. The molecule has 0 radical (unpaired) electrons. The summed E-state index contributed by atoms with van der Waals surface area (Å²) >= 11 is 1.33. The minimum Gasteiger partial charge on any atom is -0.462 e. The first-order valence-electron chi connectivity index (χ1n) is 8.69. The molecule has 0 aliphatic carbocycles. The fourth-order valence-corrected chi connectivity index (χ4v) is 3.53. The van der Waals surface area contributed by atoms with Gasteiger partial charge < -0.3 is 10.1 Å². The SMILES string of the molecule is CCOC(=O)c1sc(Nc2ccccc2)c(N=Nc2ccc(C)cc2)c1C. The number of hydrogen-bond acceptors (Lipinski definition) is 6. The fourth-order valence-electron chi connectivity index (χ4n) is 2.47. The molecule has 1 heterocycles. The van der Waals surface area contributed by atoms with Gasteiger partial charge >= 0.3 is 5.97 Å². The molecule has 0 atom stereocenters. The number of azo groups is 1. The second-order valence-electron chi connectivity index (χ2n) is 5.98. The molecule has 0 spiro atoms. The summed E-state index contributed by atoms with van der Waals surface area (Å²) in [4.78, 5) is 12.8. The quantitative estimate of drug-likeness (QED) is 0.383. The molecule has 0 aliphatic heterocycles. The van der Waals surface area contributed by atoms with E-state index < -0.39 is 0 Å². The molecule has 0 aliphatic rings. The molecule has 6 heteroatoms. The van der Waals surface area contributed by atoms with Crippen molar-refractivity contribution < 1.29 is 9.53 Å². The first-order valence-corrected chi connectivity index (χ1v) is 9.51. The molecule has 3 rings (SSSR count). The number of nitrogens with zero attached hydrogens (tertiary/aromatic N) is 2. The van der Waals surface area contributed by atoms with Gasteiger partial charge in [-0.25, -0.2) is 4.79 Å². The molecule has 0 saturated heterocycles. The van der Waals surface area contributed by atoms with Gasteiger partial charge in [0.15, 0.2) is 0 Å². The molecule has 3 aromatic rings. The van der Waals surface area contributed by atoms with Gasteiger partial charge in [0.2, 0.25) is 0 Å². The summed E-state index contributed by atoms with van der Waals surface area (Å²) < 4.78 is 5.17. The van der Waals surface area contributed by atoms with Crippen LogP contribution in [0.15, 0.2) is 64.8 Å². The van der Waals surface area contributed by atoms with E-state index >= 15 is 0 Å². The van der Waals surface area contributed by atoms with Gasteiger partial charge in [0.05, 0.1) is 12.3 Å². The third-order valence-electron chi connectivity index (χ3n) is 3.91. The summed E-state index contributed by atoms with van der Waals surface area (Å²) in [6, 6.07) is 17.6. The Balaban J connectivity index is 1.98. The maximum Gasteiger partial charge on any atom is 0.348 e. The minimum atomic E-state index is -0.340. The summed E-state index contributed by atoms with van der Waals surface area (Å²) in [6.45, 7) is 6.01. The molecule has 0 bridgehead atoms. The standard InChI is InChI=1S/C21H21N3O2S/c1-4-26-21(25)19-15(3)18(24-23-17-12-10-14(2)11-13-17)20(27-19)22-16-8-6-5-7-9-16/h5-13,22H,4H2,1-3H3. The molecule has 27 heavy (non-hydrogen) atoms. The molecule has 0 fully saturated rings. The molecule has 2 aromatic carbocycles. The molecule has 5 nitrogen and oxygen atoms in total. The van der Waals surface area contributed by atoms with E-state index in [1.165, 1.54) is 11.3 Å². The van der Waals surface area contributed by atoms with Crippen molar-refractivity contribution in [3.8, 4) is 0 Å². The summed E-state index contributed by atoms with van der Waals surface area (Å²) in [5, 5.41) is 12.9. The highest BCUT2D eigenvalue weighted by atomic mass is 32.1. The largest absolute Gasteiger partial charge is 0.462 e. The van der Waals surface area contributed by atoms with Gasteiger partial charge in [-0.2, -0.15) is 5.11 Å². The number of thiophene rings is 1. The second-order valence-corrected chi connectivity index (χ2v) is 7.00. The van der Waals surface area contributed by atoms with Gasteiger partial charge in [0.25, 0.3) is 0 Å². The third kappa shape index (κ3) is 4.60. The first-order chi connectivity index (χ1) is 13.1. The molecule has 0 amide bonds. The number of carbonyl (C=O) groups is 1. The third-order valence-corrected chi connectivity index (χ3v) is 5.08. The number of benzene rings is 2. The first kappa shape index (κ1) is 18.8. The zero-order valence-corrected chi connectivity index (χ0v) is 16.3. The Morgan fingerprint density at radius 2 is 1.74 bits per heavy atom. The Morgan fingerprint density at radius 1 is 1.04 bits per heavy atom. The number of rotatable bonds is 6. The van der Waals surface area contributed by atoms with Crippen LogP contribution in [0.3, 0.4) is 0 Å². The predicted octanol–water partition coefficient (Wildman–Crippen LogP) is 6.70. The zero-order valence-electron chi connectivity index (χ0n) is 15.5. The molecular weight excluding hydrogens is 358 g/mol. The van der Waals surface area contributed by atoms with Gasteiger partial charge in [-0.05, 0) is 45.0 Å². The Labute approximate surface area is 162 Å². The van der Waals surface area contributed by atoms with Crippen molar-refractivity contribution in [3.63, 3.8) is 0 Å². The zero-order chi connectivity index (χ0) is 19.2. The highest BCUT2D eigenvalue weighted by molar-refractivity contribution is 7.18. The highest BCUT2D eigenvalue weighted by Gasteiger charge is 2.21. The van der Waals surface area contributed by atoms with Crippen LogP contribution in [-0.4, -0.2) is 12.6 Å². The van der Waals surface area contributed by atoms with E-state index in [4.69, 9.17) is 4.74 Å². The van der Waals surface area contributed by atoms with E-state index in [0.29, 0.717) is 17.2 Å². The lowest BCUT2D eigenvalue weighted by molar-refractivity contribution is 0.0531. The molecular formula is C21H21N3O2S. The molecule has 0 unspecified atom stereocenters. The van der Waals surface area contributed by atoms with Crippen LogP contribution in [0.5, 0.6) is 0 Å². The van der Waals surface area contributed by atoms with Crippen LogP contribution in [-0.2, 0) is 4.74 Å². The van der Waals surface area contributed by atoms with Crippen molar-refractivity contribution in [2.45, 2.75) is 20.8 Å². The van der Waals surface area contributed by atoms with Crippen LogP contribution in [0, 0.1) is 13.8 Å². The average Bonchev–Trinajstić information content (AvgIpc) is 2.98. The molecule has 0 saturated carbocycles. The Hall–Kier alpha value is -2.99. The lowest BCUT2D eigenvalue weighted by Gasteiger charge is -2.04. The molecule has 138 valence electrons. The van der Waals surface area contributed by atoms with Crippen LogP contribution in [0.4, 0.5) is 22.1 Å². The summed E-state index contributed by atoms with van der Waals surface area (Å²) in [6.07, 6.45) is 0. The number of ether oxygens (including phenoxy) is 1. The van der Waals surface area contributed by atoms with Gasteiger partial charge in [0, 0.05) is 11.3 Å². The van der Waals surface area contributed by atoms with Crippen molar-refractivity contribution in [2.75, 3.05) is 11.9 Å². The maximum absolute atomic E-state index is 12.3. The number of para-hydroxylation sites is 1. The van der Waals surface area contributed by atoms with E-state index in [0.717, 1.165) is 27.5 Å². The Morgan fingerprint density at radius 3 is 2.41 bits per heavy atom. The fraction of sp³-hybridized carbons (Fsp3) is 0.190. The van der Waals surface area contributed by atoms with Crippen molar-refractivity contribution >= 4 is 39.4 Å². The lowest BCUT2D eigenvalue weighted by Crippen LogP contribution is -2.03. The Kier molecular flexibility index (Phi) is 5.98. The number of anilines is 2. The van der Waals surface area contributed by atoms with E-state index in [1.807, 2.05) is 68.4 Å². The smallest absolute Gasteiger partial charge is 0.348 e. The number of nitrogens with one attached hydrogen (secondary N) is 1. The highest BCUT2D eigenvalue weighted by Crippen LogP contribution is 2.42. The van der Waals surface area contributed by atoms with E-state index in [2.05, 4.69) is 15.5 Å². The topological polar surface area (TPSA) is 63.0 Å². The minimum absolute atomic E-state index is 0.331. The maximum atomic E-state index is 12.3. The molecule has 1 aromatic heterocycles. The van der Waals surface area contributed by atoms with E-state index in [-0.39, 0.29) is 5.97 Å². The van der Waals surface area contributed by atoms with Crippen molar-refractivity contribution in [1.29, 1.82) is 0 Å². The van der Waals surface area contributed by atoms with E-state index in [9.17, 15) is 4.79 Å². The van der Waals surface area contributed by atoms with Gasteiger partial charge in [-0.1, -0.05) is 35.9 Å². The summed E-state index contributed by atoms with van der Waals surface area (Å²) in [5.41, 5.74) is 4.24. The van der Waals surface area contributed by atoms with Gasteiger partial charge in [-0.3, -0.25) is 0 Å². The monoisotopic (exact) mass is 379 g/mol. The number of aryl methyl sites for hydroxylation is 1. The Bertz CT molecular complexity index is 948. The van der Waals surface area contributed by atoms with Crippen molar-refractivity contribution in [1.82, 2.24) is 0 Å². The van der Waals surface area contributed by atoms with Gasteiger partial charge in [-0.15, -0.1) is 16.5 Å². The van der Waals surface area contributed by atoms with Crippen LogP contribution in [0.1, 0.15) is 27.7 Å². The number of hydrogen-bond donors (Lipinski definition) is 1. The second kappa shape index (κ2) is 8.60. The van der Waals surface area contributed by atoms with Crippen LogP contribution in [0.25, 0.3) is 0 Å². The average molecular weight is 379 g/mol. The summed E-state index contributed by atoms with van der Waals surface area (Å²) in [7, 11) is 0. The lowest BCUT2D eigenvalue weighted by atomic mass is 10.2. The molecule has 1 N–H and O–H groups in total. The normalized spacial score (nSPS) is 10.9. The van der Waals surface area contributed by atoms with Crippen LogP contribution >= 0.6 is 11.3 Å². The van der Waals surface area contributed by atoms with Crippen molar-refractivity contribution in [2.24, 2.45) is 10.2 Å². The number of carbonyl (C=O) groups excluding carboxylic acids is 1. The number of esters is 1.